The maximum absolute atomic E-state index is 12.5. The van der Waals surface area contributed by atoms with E-state index in [1.54, 1.807) is 0 Å². The van der Waals surface area contributed by atoms with Crippen LogP contribution in [0.15, 0.2) is 8.26 Å². The van der Waals surface area contributed by atoms with Gasteiger partial charge in [-0.25, -0.2) is 13.6 Å². The van der Waals surface area contributed by atoms with Crippen molar-refractivity contribution in [2.75, 3.05) is 7.11 Å². The van der Waals surface area contributed by atoms with Gasteiger partial charge in [-0.15, -0.1) is 11.3 Å². The number of thiophene rings is 1. The van der Waals surface area contributed by atoms with Crippen molar-refractivity contribution in [3.8, 4) is 0 Å². The van der Waals surface area contributed by atoms with Gasteiger partial charge in [0.25, 0.3) is 6.43 Å². The third kappa shape index (κ3) is 2.14. The summed E-state index contributed by atoms with van der Waals surface area (Å²) in [5, 5.41) is 0. The second-order valence-electron chi connectivity index (χ2n) is 2.22. The molecular formula is C7H4Br2F2O2S. The highest BCUT2D eigenvalue weighted by atomic mass is 79.9. The van der Waals surface area contributed by atoms with Gasteiger partial charge in [-0.2, -0.15) is 0 Å². The van der Waals surface area contributed by atoms with Crippen LogP contribution in [-0.4, -0.2) is 13.1 Å². The fourth-order valence-corrected chi connectivity index (χ4v) is 3.13. The molecule has 0 radical (unpaired) electrons. The van der Waals surface area contributed by atoms with Crippen molar-refractivity contribution >= 4 is 49.2 Å². The van der Waals surface area contributed by atoms with E-state index in [-0.39, 0.29) is 14.9 Å². The Hall–Kier alpha value is -0.0100. The van der Waals surface area contributed by atoms with Gasteiger partial charge in [-0.1, -0.05) is 0 Å². The molecule has 0 amide bonds. The Bertz CT molecular complexity index is 365. The molecule has 1 rings (SSSR count). The van der Waals surface area contributed by atoms with Crippen LogP contribution in [0.3, 0.4) is 0 Å². The van der Waals surface area contributed by atoms with Crippen molar-refractivity contribution < 1.29 is 18.3 Å². The molecule has 7 heteroatoms. The van der Waals surface area contributed by atoms with Crippen LogP contribution in [0.25, 0.3) is 0 Å². The molecule has 0 atom stereocenters. The fourth-order valence-electron chi connectivity index (χ4n) is 0.834. The van der Waals surface area contributed by atoms with Gasteiger partial charge in [0.15, 0.2) is 0 Å². The maximum Gasteiger partial charge on any atom is 0.348 e. The first kappa shape index (κ1) is 12.1. The first-order chi connectivity index (χ1) is 6.49. The zero-order chi connectivity index (χ0) is 10.9. The highest BCUT2D eigenvalue weighted by Gasteiger charge is 2.26. The van der Waals surface area contributed by atoms with Crippen LogP contribution in [0.1, 0.15) is 21.7 Å². The summed E-state index contributed by atoms with van der Waals surface area (Å²) < 4.78 is 30.1. The summed E-state index contributed by atoms with van der Waals surface area (Å²) in [6.45, 7) is 0. The van der Waals surface area contributed by atoms with Gasteiger partial charge >= 0.3 is 5.97 Å². The lowest BCUT2D eigenvalue weighted by atomic mass is 10.3. The van der Waals surface area contributed by atoms with E-state index in [0.29, 0.717) is 3.79 Å². The van der Waals surface area contributed by atoms with Crippen LogP contribution >= 0.6 is 43.2 Å². The van der Waals surface area contributed by atoms with Crippen LogP contribution in [0.5, 0.6) is 0 Å². The van der Waals surface area contributed by atoms with Crippen LogP contribution in [0.4, 0.5) is 8.78 Å². The Kier molecular flexibility index (Phi) is 4.03. The Morgan fingerprint density at radius 3 is 2.50 bits per heavy atom. The summed E-state index contributed by atoms with van der Waals surface area (Å²) >= 11 is 6.96. The van der Waals surface area contributed by atoms with E-state index in [9.17, 15) is 13.6 Å². The molecule has 14 heavy (non-hydrogen) atoms. The number of halogens is 4. The molecule has 0 bridgehead atoms. The lowest BCUT2D eigenvalue weighted by molar-refractivity contribution is 0.0595. The van der Waals surface area contributed by atoms with Gasteiger partial charge in [0, 0.05) is 0 Å². The molecule has 0 aliphatic rings. The number of methoxy groups -OCH3 is 1. The molecule has 1 heterocycles. The van der Waals surface area contributed by atoms with E-state index in [1.807, 2.05) is 0 Å². The van der Waals surface area contributed by atoms with E-state index in [4.69, 9.17) is 0 Å². The number of esters is 1. The summed E-state index contributed by atoms with van der Waals surface area (Å²) in [7, 11) is 1.15. The summed E-state index contributed by atoms with van der Waals surface area (Å²) in [5.74, 6) is -0.753. The second-order valence-corrected chi connectivity index (χ2v) is 5.36. The first-order valence-electron chi connectivity index (χ1n) is 3.33. The van der Waals surface area contributed by atoms with E-state index in [0.717, 1.165) is 18.4 Å². The van der Waals surface area contributed by atoms with Crippen LogP contribution in [0.2, 0.25) is 0 Å². The van der Waals surface area contributed by atoms with E-state index in [1.165, 1.54) is 0 Å². The molecule has 0 saturated carbocycles. The van der Waals surface area contributed by atoms with Crippen LogP contribution in [-0.2, 0) is 4.74 Å². The smallest absolute Gasteiger partial charge is 0.348 e. The third-order valence-electron chi connectivity index (χ3n) is 1.43. The van der Waals surface area contributed by atoms with E-state index >= 15 is 0 Å². The predicted molar refractivity (Wildman–Crippen MR) is 56.0 cm³/mol. The molecule has 0 aromatic carbocycles. The van der Waals surface area contributed by atoms with Crippen LogP contribution < -0.4 is 0 Å². The second kappa shape index (κ2) is 4.67. The van der Waals surface area contributed by atoms with Crippen molar-refractivity contribution in [3.63, 3.8) is 0 Å². The van der Waals surface area contributed by atoms with Crippen molar-refractivity contribution in [3.05, 3.63) is 18.7 Å². The zero-order valence-corrected chi connectivity index (χ0v) is 10.8. The third-order valence-corrected chi connectivity index (χ3v) is 4.91. The van der Waals surface area contributed by atoms with E-state index < -0.39 is 12.4 Å². The average molecular weight is 350 g/mol. The molecule has 0 N–H and O–H groups in total. The summed E-state index contributed by atoms with van der Waals surface area (Å²) in [6.07, 6.45) is -2.71. The Morgan fingerprint density at radius 1 is 1.50 bits per heavy atom. The number of hydrogen-bond acceptors (Lipinski definition) is 3. The quantitative estimate of drug-likeness (QED) is 0.754. The Labute approximate surface area is 99.5 Å². The number of rotatable bonds is 2. The highest BCUT2D eigenvalue weighted by molar-refractivity contribution is 9.13. The lowest BCUT2D eigenvalue weighted by Gasteiger charge is -2.00. The molecule has 0 spiro atoms. The minimum absolute atomic E-state index is 0.0822. The number of carbonyl (C=O) groups is 1. The van der Waals surface area contributed by atoms with Gasteiger partial charge in [-0.05, 0) is 31.9 Å². The average Bonchev–Trinajstić information content (AvgIpc) is 2.42. The molecule has 0 fully saturated rings. The lowest BCUT2D eigenvalue weighted by Crippen LogP contribution is -2.02. The molecule has 2 nitrogen and oxygen atoms in total. The summed E-state index contributed by atoms with van der Waals surface area (Å²) in [6, 6.07) is 0. The molecule has 0 aliphatic carbocycles. The van der Waals surface area contributed by atoms with Crippen molar-refractivity contribution in [2.45, 2.75) is 6.43 Å². The first-order valence-corrected chi connectivity index (χ1v) is 5.73. The zero-order valence-electron chi connectivity index (χ0n) is 6.81. The van der Waals surface area contributed by atoms with Gasteiger partial charge < -0.3 is 4.74 Å². The Morgan fingerprint density at radius 2 is 2.07 bits per heavy atom. The molecule has 1 aromatic heterocycles. The van der Waals surface area contributed by atoms with Gasteiger partial charge in [0.1, 0.15) is 4.88 Å². The number of ether oxygens (including phenoxy) is 1. The monoisotopic (exact) mass is 348 g/mol. The van der Waals surface area contributed by atoms with Crippen molar-refractivity contribution in [1.29, 1.82) is 0 Å². The SMILES string of the molecule is COC(=O)c1sc(Br)c(Br)c1C(F)F. The summed E-state index contributed by atoms with van der Waals surface area (Å²) in [5.41, 5.74) is -0.325. The summed E-state index contributed by atoms with van der Waals surface area (Å²) in [4.78, 5) is 11.0. The number of alkyl halides is 2. The van der Waals surface area contributed by atoms with Gasteiger partial charge in [-0.3, -0.25) is 0 Å². The molecule has 0 aliphatic heterocycles. The number of carbonyl (C=O) groups excluding carboxylic acids is 1. The number of hydrogen-bond donors (Lipinski definition) is 0. The topological polar surface area (TPSA) is 26.3 Å². The van der Waals surface area contributed by atoms with E-state index in [2.05, 4.69) is 36.6 Å². The van der Waals surface area contributed by atoms with Crippen molar-refractivity contribution in [2.24, 2.45) is 0 Å². The molecule has 1 aromatic rings. The molecule has 0 saturated heterocycles. The maximum atomic E-state index is 12.5. The van der Waals surface area contributed by atoms with Crippen LogP contribution in [0, 0.1) is 0 Å². The highest BCUT2D eigenvalue weighted by Crippen LogP contribution is 2.42. The van der Waals surface area contributed by atoms with Crippen molar-refractivity contribution in [1.82, 2.24) is 0 Å². The fraction of sp³-hybridized carbons (Fsp3) is 0.286. The minimum atomic E-state index is -2.71. The molecule has 0 unspecified atom stereocenters. The minimum Gasteiger partial charge on any atom is -0.465 e. The standard InChI is InChI=1S/C7H4Br2F2O2S/c1-13-7(12)4-2(6(10)11)3(8)5(9)14-4/h6H,1H3. The largest absolute Gasteiger partial charge is 0.465 e. The van der Waals surface area contributed by atoms with Gasteiger partial charge in [0.05, 0.1) is 20.9 Å². The normalized spacial score (nSPS) is 10.7. The Balaban J connectivity index is 3.29. The molecular weight excluding hydrogens is 346 g/mol. The van der Waals surface area contributed by atoms with Gasteiger partial charge in [0.2, 0.25) is 0 Å². The predicted octanol–water partition coefficient (Wildman–Crippen LogP) is 4.00. The molecule has 78 valence electrons.